The molecule has 0 unspecified atom stereocenters. The van der Waals surface area contributed by atoms with Crippen LogP contribution in [-0.2, 0) is 17.6 Å². The van der Waals surface area contributed by atoms with E-state index in [0.29, 0.717) is 23.1 Å². The number of benzene rings is 2. The van der Waals surface area contributed by atoms with Gasteiger partial charge in [0.15, 0.2) is 0 Å². The molecule has 7 nitrogen and oxygen atoms in total. The maximum Gasteiger partial charge on any atom is 0.338 e. The highest BCUT2D eigenvalue weighted by Gasteiger charge is 2.15. The zero-order chi connectivity index (χ0) is 18.4. The number of nitrogens with zero attached hydrogens (tertiary/aromatic N) is 1. The van der Waals surface area contributed by atoms with Crippen molar-refractivity contribution >= 4 is 11.9 Å². The van der Waals surface area contributed by atoms with Gasteiger partial charge in [0.1, 0.15) is 0 Å². The molecular weight excluding hydrogens is 326 g/mol. The second-order valence-electron chi connectivity index (χ2n) is 5.42. The van der Waals surface area contributed by atoms with Gasteiger partial charge in [-0.1, -0.05) is 24.3 Å². The number of esters is 1. The van der Waals surface area contributed by atoms with Crippen molar-refractivity contribution in [3.8, 4) is 0 Å². The summed E-state index contributed by atoms with van der Waals surface area (Å²) in [4.78, 5) is 33.3. The number of hydrogen-bond donors (Lipinski definition) is 1. The first-order chi connectivity index (χ1) is 11.9. The zero-order valence-electron chi connectivity index (χ0n) is 13.6. The van der Waals surface area contributed by atoms with Crippen LogP contribution in [0.3, 0.4) is 0 Å². The first-order valence-corrected chi connectivity index (χ1v) is 7.55. The van der Waals surface area contributed by atoms with E-state index in [1.807, 2.05) is 0 Å². The number of carboxylic acids is 1. The fourth-order valence-electron chi connectivity index (χ4n) is 2.56. The highest BCUT2D eigenvalue weighted by molar-refractivity contribution is 5.91. The Labute approximate surface area is 144 Å². The molecule has 2 aromatic rings. The Kier molecular flexibility index (Phi) is 5.84. The molecule has 1 N–H and O–H groups in total. The van der Waals surface area contributed by atoms with E-state index >= 15 is 0 Å². The molecule has 0 amide bonds. The number of rotatable bonds is 7. The van der Waals surface area contributed by atoms with Gasteiger partial charge in [-0.15, -0.1) is 0 Å². The normalized spacial score (nSPS) is 10.3. The van der Waals surface area contributed by atoms with Crippen LogP contribution >= 0.6 is 0 Å². The Bertz CT molecular complexity index is 815. The van der Waals surface area contributed by atoms with E-state index in [4.69, 9.17) is 9.84 Å². The van der Waals surface area contributed by atoms with E-state index in [2.05, 4.69) is 0 Å². The minimum atomic E-state index is -1.09. The lowest BCUT2D eigenvalue weighted by Gasteiger charge is -2.12. The van der Waals surface area contributed by atoms with Crippen molar-refractivity contribution in [2.24, 2.45) is 0 Å². The first kappa shape index (κ1) is 18.1. The standard InChI is InChI=1S/C18H17NO6/c1-25-18(22)16-5-3-2-4-14(16)10-12-6-7-15(17(20)21)11-13(12)8-9-19(23)24/h2-7,11H,8-10H2,1H3,(H,20,21). The number of hydrogen-bond acceptors (Lipinski definition) is 5. The molecule has 0 heterocycles. The number of aromatic carboxylic acids is 1. The van der Waals surface area contributed by atoms with Crippen LogP contribution in [0.25, 0.3) is 0 Å². The molecule has 0 aliphatic rings. The third kappa shape index (κ3) is 4.63. The fourth-order valence-corrected chi connectivity index (χ4v) is 2.56. The molecule has 0 saturated carbocycles. The number of ether oxygens (including phenoxy) is 1. The highest BCUT2D eigenvalue weighted by atomic mass is 16.6. The van der Waals surface area contributed by atoms with E-state index in [9.17, 15) is 19.7 Å². The molecule has 0 aliphatic carbocycles. The monoisotopic (exact) mass is 343 g/mol. The first-order valence-electron chi connectivity index (χ1n) is 7.55. The number of carboxylic acid groups (broad SMARTS) is 1. The number of methoxy groups -OCH3 is 1. The van der Waals surface area contributed by atoms with Crippen LogP contribution in [0.5, 0.6) is 0 Å². The molecule has 0 aromatic heterocycles. The molecule has 0 saturated heterocycles. The molecule has 2 rings (SSSR count). The van der Waals surface area contributed by atoms with E-state index in [1.165, 1.54) is 19.2 Å². The Hall–Kier alpha value is -3.22. The quantitative estimate of drug-likeness (QED) is 0.470. The number of carbonyl (C=O) groups is 2. The molecular formula is C18H17NO6. The Morgan fingerprint density at radius 1 is 1.12 bits per heavy atom. The van der Waals surface area contributed by atoms with Gasteiger partial charge >= 0.3 is 11.9 Å². The van der Waals surface area contributed by atoms with Crippen LogP contribution in [-0.4, -0.2) is 35.6 Å². The average Bonchev–Trinajstić information content (AvgIpc) is 2.60. The van der Waals surface area contributed by atoms with Crippen LogP contribution < -0.4 is 0 Å². The van der Waals surface area contributed by atoms with E-state index in [1.54, 1.807) is 30.3 Å². The molecule has 7 heteroatoms. The molecule has 0 spiro atoms. The van der Waals surface area contributed by atoms with Crippen molar-refractivity contribution in [1.82, 2.24) is 0 Å². The second-order valence-corrected chi connectivity index (χ2v) is 5.42. The molecule has 25 heavy (non-hydrogen) atoms. The smallest absolute Gasteiger partial charge is 0.338 e. The summed E-state index contributed by atoms with van der Waals surface area (Å²) in [5, 5.41) is 19.8. The van der Waals surface area contributed by atoms with Crippen LogP contribution in [0, 0.1) is 10.1 Å². The highest BCUT2D eigenvalue weighted by Crippen LogP contribution is 2.20. The summed E-state index contributed by atoms with van der Waals surface area (Å²) < 4.78 is 4.77. The van der Waals surface area contributed by atoms with Gasteiger partial charge in [0, 0.05) is 11.3 Å². The van der Waals surface area contributed by atoms with Gasteiger partial charge in [-0.3, -0.25) is 10.1 Å². The molecule has 0 bridgehead atoms. The van der Waals surface area contributed by atoms with Crippen LogP contribution in [0.2, 0.25) is 0 Å². The molecule has 2 aromatic carbocycles. The van der Waals surface area contributed by atoms with Gasteiger partial charge in [-0.2, -0.15) is 0 Å². The van der Waals surface area contributed by atoms with Gasteiger partial charge in [0.25, 0.3) is 0 Å². The summed E-state index contributed by atoms with van der Waals surface area (Å²) in [7, 11) is 1.29. The topological polar surface area (TPSA) is 107 Å². The van der Waals surface area contributed by atoms with Crippen molar-refractivity contribution < 1.29 is 24.4 Å². The molecule has 0 radical (unpaired) electrons. The minimum absolute atomic E-state index is 0.0725. The second kappa shape index (κ2) is 8.05. The van der Waals surface area contributed by atoms with Crippen molar-refractivity contribution in [3.05, 3.63) is 80.4 Å². The summed E-state index contributed by atoms with van der Waals surface area (Å²) in [6.07, 6.45) is 0.460. The molecule has 0 aliphatic heterocycles. The van der Waals surface area contributed by atoms with E-state index in [0.717, 1.165) is 5.56 Å². The maximum absolute atomic E-state index is 11.9. The lowest BCUT2D eigenvalue weighted by Crippen LogP contribution is -2.10. The number of nitro groups is 1. The number of carbonyl (C=O) groups excluding carboxylic acids is 1. The van der Waals surface area contributed by atoms with Crippen LogP contribution in [0.15, 0.2) is 42.5 Å². The van der Waals surface area contributed by atoms with Crippen molar-refractivity contribution in [2.45, 2.75) is 12.8 Å². The molecule has 130 valence electrons. The van der Waals surface area contributed by atoms with Gasteiger partial charge in [0.2, 0.25) is 6.54 Å². The minimum Gasteiger partial charge on any atom is -0.478 e. The summed E-state index contributed by atoms with van der Waals surface area (Å²) in [6.45, 7) is -0.297. The lowest BCUT2D eigenvalue weighted by atomic mass is 9.93. The predicted octanol–water partition coefficient (Wildman–Crippen LogP) is 2.58. The Morgan fingerprint density at radius 3 is 2.48 bits per heavy atom. The largest absolute Gasteiger partial charge is 0.478 e. The van der Waals surface area contributed by atoms with Gasteiger partial charge in [-0.25, -0.2) is 9.59 Å². The average molecular weight is 343 g/mol. The van der Waals surface area contributed by atoms with Crippen LogP contribution in [0.1, 0.15) is 37.4 Å². The Morgan fingerprint density at radius 2 is 1.84 bits per heavy atom. The SMILES string of the molecule is COC(=O)c1ccccc1Cc1ccc(C(=O)O)cc1CC[N+](=O)[O-]. The zero-order valence-corrected chi connectivity index (χ0v) is 13.6. The third-order valence-electron chi connectivity index (χ3n) is 3.82. The van der Waals surface area contributed by atoms with E-state index in [-0.39, 0.29) is 18.5 Å². The maximum atomic E-state index is 11.9. The van der Waals surface area contributed by atoms with Crippen molar-refractivity contribution in [2.75, 3.05) is 13.7 Å². The summed E-state index contributed by atoms with van der Waals surface area (Å²) >= 11 is 0. The van der Waals surface area contributed by atoms with Gasteiger partial charge < -0.3 is 9.84 Å². The third-order valence-corrected chi connectivity index (χ3v) is 3.82. The molecule has 0 fully saturated rings. The summed E-state index contributed by atoms with van der Waals surface area (Å²) in [5.41, 5.74) is 2.51. The van der Waals surface area contributed by atoms with Crippen molar-refractivity contribution in [3.63, 3.8) is 0 Å². The van der Waals surface area contributed by atoms with Gasteiger partial charge in [-0.05, 0) is 41.3 Å². The summed E-state index contributed by atoms with van der Waals surface area (Å²) in [6, 6.07) is 11.4. The van der Waals surface area contributed by atoms with Gasteiger partial charge in [0.05, 0.1) is 18.2 Å². The fraction of sp³-hybridized carbons (Fsp3) is 0.222. The predicted molar refractivity (Wildman–Crippen MR) is 89.6 cm³/mol. The van der Waals surface area contributed by atoms with Crippen LogP contribution in [0.4, 0.5) is 0 Å². The lowest BCUT2D eigenvalue weighted by molar-refractivity contribution is -0.479. The summed E-state index contributed by atoms with van der Waals surface area (Å²) in [5.74, 6) is -1.56. The Balaban J connectivity index is 2.40. The molecule has 0 atom stereocenters. The van der Waals surface area contributed by atoms with Crippen molar-refractivity contribution in [1.29, 1.82) is 0 Å². The van der Waals surface area contributed by atoms with E-state index < -0.39 is 16.9 Å².